The maximum absolute atomic E-state index is 12.2. The van der Waals surface area contributed by atoms with Gasteiger partial charge in [0.25, 0.3) is 0 Å². The van der Waals surface area contributed by atoms with Crippen LogP contribution in [-0.2, 0) is 4.79 Å². The molecule has 2 aromatic rings. The summed E-state index contributed by atoms with van der Waals surface area (Å²) in [5.74, 6) is 0.837. The Bertz CT molecular complexity index is 589. The lowest BCUT2D eigenvalue weighted by Crippen LogP contribution is -2.42. The predicted octanol–water partition coefficient (Wildman–Crippen LogP) is 2.39. The average molecular weight is 272 g/mol. The maximum Gasteiger partial charge on any atom is 0.243 e. The van der Waals surface area contributed by atoms with E-state index in [1.807, 2.05) is 50.7 Å². The lowest BCUT2D eigenvalue weighted by Gasteiger charge is -2.24. The van der Waals surface area contributed by atoms with Gasteiger partial charge in [-0.2, -0.15) is 0 Å². The summed E-state index contributed by atoms with van der Waals surface area (Å²) in [4.78, 5) is 20.9. The van der Waals surface area contributed by atoms with Crippen LogP contribution in [0.4, 0.5) is 0 Å². The van der Waals surface area contributed by atoms with E-state index in [0.29, 0.717) is 6.54 Å². The number of hydrogen-bond donors (Lipinski definition) is 0. The van der Waals surface area contributed by atoms with Crippen LogP contribution in [0.2, 0.25) is 0 Å². The molecular formula is C15H20N4O. The highest BCUT2D eigenvalue weighted by Gasteiger charge is 2.19. The zero-order valence-corrected chi connectivity index (χ0v) is 12.4. The normalized spacial score (nSPS) is 10.8. The van der Waals surface area contributed by atoms with Crippen LogP contribution in [0.1, 0.15) is 26.6 Å². The summed E-state index contributed by atoms with van der Waals surface area (Å²) in [5.41, 5.74) is 1.77. The van der Waals surface area contributed by atoms with Crippen molar-refractivity contribution < 1.29 is 4.79 Å². The summed E-state index contributed by atoms with van der Waals surface area (Å²) >= 11 is 0. The van der Waals surface area contributed by atoms with Gasteiger partial charge in [0.2, 0.25) is 5.91 Å². The highest BCUT2D eigenvalue weighted by molar-refractivity contribution is 5.87. The fourth-order valence-corrected chi connectivity index (χ4v) is 2.07. The fraction of sp³-hybridized carbons (Fsp3) is 0.400. The molecular weight excluding hydrogens is 252 g/mol. The summed E-state index contributed by atoms with van der Waals surface area (Å²) in [6, 6.07) is 3.83. The number of rotatable bonds is 4. The molecule has 5 nitrogen and oxygen atoms in total. The molecule has 0 saturated heterocycles. The summed E-state index contributed by atoms with van der Waals surface area (Å²) in [6.07, 6.45) is 5.39. The summed E-state index contributed by atoms with van der Waals surface area (Å²) in [5, 5.41) is 1.72. The molecule has 0 aliphatic heterocycles. The molecule has 106 valence electrons. The highest BCUT2D eigenvalue weighted by Crippen LogP contribution is 2.18. The SMILES string of the molecule is CCN(C(=O)C(C)C)n1cc(-c2cccnc2)nc1C. The summed E-state index contributed by atoms with van der Waals surface area (Å²) in [7, 11) is 0. The van der Waals surface area contributed by atoms with Crippen LogP contribution in [0.25, 0.3) is 11.3 Å². The first-order valence-electron chi connectivity index (χ1n) is 6.82. The van der Waals surface area contributed by atoms with E-state index in [1.165, 1.54) is 0 Å². The van der Waals surface area contributed by atoms with Gasteiger partial charge in [0, 0.05) is 30.4 Å². The van der Waals surface area contributed by atoms with Crippen molar-refractivity contribution in [2.24, 2.45) is 5.92 Å². The Morgan fingerprint density at radius 1 is 1.45 bits per heavy atom. The molecule has 0 spiro atoms. The van der Waals surface area contributed by atoms with Gasteiger partial charge >= 0.3 is 0 Å². The highest BCUT2D eigenvalue weighted by atomic mass is 16.2. The van der Waals surface area contributed by atoms with Crippen LogP contribution >= 0.6 is 0 Å². The Hall–Kier alpha value is -2.17. The van der Waals surface area contributed by atoms with Gasteiger partial charge in [-0.1, -0.05) is 13.8 Å². The van der Waals surface area contributed by atoms with Crippen molar-refractivity contribution in [2.75, 3.05) is 11.6 Å². The van der Waals surface area contributed by atoms with Gasteiger partial charge in [0.15, 0.2) is 0 Å². The van der Waals surface area contributed by atoms with Crippen LogP contribution in [0.3, 0.4) is 0 Å². The van der Waals surface area contributed by atoms with E-state index in [4.69, 9.17) is 0 Å². The third-order valence-electron chi connectivity index (χ3n) is 3.12. The van der Waals surface area contributed by atoms with Crippen LogP contribution in [0.5, 0.6) is 0 Å². The van der Waals surface area contributed by atoms with Crippen molar-refractivity contribution >= 4 is 5.91 Å². The van der Waals surface area contributed by atoms with Crippen molar-refractivity contribution in [2.45, 2.75) is 27.7 Å². The van der Waals surface area contributed by atoms with Gasteiger partial charge in [-0.3, -0.25) is 9.78 Å². The van der Waals surface area contributed by atoms with Gasteiger partial charge in [-0.15, -0.1) is 0 Å². The number of nitrogens with zero attached hydrogens (tertiary/aromatic N) is 4. The molecule has 2 rings (SSSR count). The van der Waals surface area contributed by atoms with Crippen molar-refractivity contribution in [1.82, 2.24) is 14.6 Å². The molecule has 0 bridgehead atoms. The zero-order valence-electron chi connectivity index (χ0n) is 12.4. The second kappa shape index (κ2) is 5.86. The number of aryl methyl sites for hydroxylation is 1. The summed E-state index contributed by atoms with van der Waals surface area (Å²) in [6.45, 7) is 8.28. The van der Waals surface area contributed by atoms with Crippen molar-refractivity contribution in [1.29, 1.82) is 0 Å². The van der Waals surface area contributed by atoms with E-state index in [0.717, 1.165) is 17.1 Å². The second-order valence-electron chi connectivity index (χ2n) is 4.97. The number of hydrogen-bond acceptors (Lipinski definition) is 3. The molecule has 0 fully saturated rings. The van der Waals surface area contributed by atoms with E-state index in [1.54, 1.807) is 17.4 Å². The quantitative estimate of drug-likeness (QED) is 0.858. The largest absolute Gasteiger partial charge is 0.273 e. The van der Waals surface area contributed by atoms with Gasteiger partial charge < -0.3 is 0 Å². The first kappa shape index (κ1) is 14.2. The zero-order chi connectivity index (χ0) is 14.7. The Balaban J connectivity index is 2.38. The molecule has 0 atom stereocenters. The molecule has 2 aromatic heterocycles. The van der Waals surface area contributed by atoms with E-state index in [2.05, 4.69) is 9.97 Å². The number of carbonyl (C=O) groups is 1. The number of aromatic nitrogens is 3. The van der Waals surface area contributed by atoms with E-state index in [9.17, 15) is 4.79 Å². The van der Waals surface area contributed by atoms with E-state index < -0.39 is 0 Å². The van der Waals surface area contributed by atoms with E-state index >= 15 is 0 Å². The Labute approximate surface area is 119 Å². The number of pyridine rings is 1. The molecule has 5 heteroatoms. The summed E-state index contributed by atoms with van der Waals surface area (Å²) < 4.78 is 1.82. The van der Waals surface area contributed by atoms with Crippen LogP contribution in [0, 0.1) is 12.8 Å². The first-order valence-corrected chi connectivity index (χ1v) is 6.82. The minimum Gasteiger partial charge on any atom is -0.273 e. The molecule has 2 heterocycles. The lowest BCUT2D eigenvalue weighted by molar-refractivity contribution is -0.123. The topological polar surface area (TPSA) is 51.0 Å². The standard InChI is InChI=1S/C15H20N4O/c1-5-18(15(20)11(2)3)19-10-14(17-12(19)4)13-7-6-8-16-9-13/h6-11H,5H2,1-4H3. The monoisotopic (exact) mass is 272 g/mol. The lowest BCUT2D eigenvalue weighted by atomic mass is 10.2. The van der Waals surface area contributed by atoms with Crippen molar-refractivity contribution in [3.05, 3.63) is 36.5 Å². The molecule has 0 aliphatic rings. The average Bonchev–Trinajstić information content (AvgIpc) is 2.83. The van der Waals surface area contributed by atoms with Gasteiger partial charge in [-0.05, 0) is 26.0 Å². The second-order valence-corrected chi connectivity index (χ2v) is 4.97. The molecule has 0 N–H and O–H groups in total. The fourth-order valence-electron chi connectivity index (χ4n) is 2.07. The number of amides is 1. The number of imidazole rings is 1. The molecule has 0 aliphatic carbocycles. The van der Waals surface area contributed by atoms with Crippen molar-refractivity contribution in [3.63, 3.8) is 0 Å². The maximum atomic E-state index is 12.2. The van der Waals surface area contributed by atoms with Gasteiger partial charge in [0.1, 0.15) is 5.82 Å². The third kappa shape index (κ3) is 2.71. The third-order valence-corrected chi connectivity index (χ3v) is 3.12. The van der Waals surface area contributed by atoms with Crippen molar-refractivity contribution in [3.8, 4) is 11.3 Å². The minimum atomic E-state index is -0.0430. The smallest absolute Gasteiger partial charge is 0.243 e. The van der Waals surface area contributed by atoms with Crippen LogP contribution in [0.15, 0.2) is 30.7 Å². The molecule has 0 unspecified atom stereocenters. The Morgan fingerprint density at radius 3 is 2.75 bits per heavy atom. The Kier molecular flexibility index (Phi) is 4.17. The molecule has 20 heavy (non-hydrogen) atoms. The molecule has 1 amide bonds. The first-order chi connectivity index (χ1) is 9.54. The van der Waals surface area contributed by atoms with E-state index in [-0.39, 0.29) is 11.8 Å². The van der Waals surface area contributed by atoms with Gasteiger partial charge in [0.05, 0.1) is 11.9 Å². The van der Waals surface area contributed by atoms with Gasteiger partial charge in [-0.25, -0.2) is 14.7 Å². The Morgan fingerprint density at radius 2 is 2.20 bits per heavy atom. The molecule has 0 saturated carbocycles. The molecule has 0 aromatic carbocycles. The van der Waals surface area contributed by atoms with Crippen LogP contribution < -0.4 is 5.01 Å². The van der Waals surface area contributed by atoms with Crippen LogP contribution in [-0.4, -0.2) is 27.1 Å². The minimum absolute atomic E-state index is 0.0430. The number of carbonyl (C=O) groups excluding carboxylic acids is 1. The molecule has 0 radical (unpaired) electrons. The predicted molar refractivity (Wildman–Crippen MR) is 78.8 cm³/mol.